The summed E-state index contributed by atoms with van der Waals surface area (Å²) in [5.74, 6) is 0.547. The van der Waals surface area contributed by atoms with Crippen LogP contribution in [0.1, 0.15) is 40.2 Å². The average molecular weight is 320 g/mol. The molecule has 0 unspecified atom stereocenters. The van der Waals surface area contributed by atoms with Crippen LogP contribution in [0.5, 0.6) is 0 Å². The summed E-state index contributed by atoms with van der Waals surface area (Å²) < 4.78 is 0. The first-order valence-corrected chi connectivity index (χ1v) is 8.47. The van der Waals surface area contributed by atoms with Gasteiger partial charge in [-0.1, -0.05) is 32.9 Å². The quantitative estimate of drug-likeness (QED) is 0.683. The fraction of sp³-hybridized carbons (Fsp3) is 0.529. The van der Waals surface area contributed by atoms with Crippen molar-refractivity contribution in [3.63, 3.8) is 0 Å². The molecule has 4 nitrogen and oxygen atoms in total. The Kier molecular flexibility index (Phi) is 4.57. The van der Waals surface area contributed by atoms with E-state index < -0.39 is 5.54 Å². The van der Waals surface area contributed by atoms with E-state index in [2.05, 4.69) is 50.4 Å². The summed E-state index contributed by atoms with van der Waals surface area (Å²) in [5.41, 5.74) is 0.665. The van der Waals surface area contributed by atoms with Crippen LogP contribution in [0.4, 0.5) is 4.79 Å². The van der Waals surface area contributed by atoms with Crippen molar-refractivity contribution < 1.29 is 9.59 Å². The van der Waals surface area contributed by atoms with Gasteiger partial charge in [-0.25, -0.2) is 4.79 Å². The summed E-state index contributed by atoms with van der Waals surface area (Å²) in [6, 6.07) is 8.18. The smallest absolute Gasteiger partial charge is 0.324 e. The van der Waals surface area contributed by atoms with Crippen LogP contribution in [-0.2, 0) is 10.2 Å². The van der Waals surface area contributed by atoms with Gasteiger partial charge in [0.05, 0.1) is 0 Å². The minimum Gasteiger partial charge on any atom is -0.324 e. The van der Waals surface area contributed by atoms with E-state index in [4.69, 9.17) is 0 Å². The molecular formula is C17H24N2O2S. The summed E-state index contributed by atoms with van der Waals surface area (Å²) in [4.78, 5) is 26.3. The molecule has 0 spiro atoms. The Balaban J connectivity index is 1.89. The number of benzene rings is 1. The van der Waals surface area contributed by atoms with Crippen LogP contribution in [0.25, 0.3) is 0 Å². The van der Waals surface area contributed by atoms with E-state index in [0.717, 1.165) is 4.90 Å². The maximum absolute atomic E-state index is 12.1. The average Bonchev–Trinajstić information content (AvgIpc) is 2.60. The third-order valence-electron chi connectivity index (χ3n) is 3.75. The van der Waals surface area contributed by atoms with Gasteiger partial charge >= 0.3 is 6.03 Å². The fourth-order valence-corrected chi connectivity index (χ4v) is 3.17. The lowest BCUT2D eigenvalue weighted by Gasteiger charge is -2.19. The number of carbonyl (C=O) groups excluding carboxylic acids is 2. The van der Waals surface area contributed by atoms with Crippen LogP contribution >= 0.6 is 11.8 Å². The van der Waals surface area contributed by atoms with Gasteiger partial charge in [-0.15, -0.1) is 11.8 Å². The van der Waals surface area contributed by atoms with Gasteiger partial charge in [0.2, 0.25) is 0 Å². The van der Waals surface area contributed by atoms with Crippen molar-refractivity contribution >= 4 is 23.7 Å². The van der Waals surface area contributed by atoms with Crippen molar-refractivity contribution in [2.24, 2.45) is 0 Å². The van der Waals surface area contributed by atoms with Crippen LogP contribution in [0.3, 0.4) is 0 Å². The number of carbonyl (C=O) groups is 2. The molecule has 1 heterocycles. The molecule has 0 aromatic heterocycles. The lowest BCUT2D eigenvalue weighted by atomic mass is 9.87. The second-order valence-corrected chi connectivity index (χ2v) is 8.30. The largest absolute Gasteiger partial charge is 0.325 e. The molecule has 2 rings (SSSR count). The van der Waals surface area contributed by atoms with E-state index in [1.807, 2.05) is 0 Å². The van der Waals surface area contributed by atoms with Crippen molar-refractivity contribution in [3.8, 4) is 0 Å². The highest BCUT2D eigenvalue weighted by atomic mass is 32.2. The maximum atomic E-state index is 12.1. The van der Waals surface area contributed by atoms with E-state index in [-0.39, 0.29) is 17.4 Å². The molecule has 1 saturated heterocycles. The van der Waals surface area contributed by atoms with Gasteiger partial charge in [-0.2, -0.15) is 0 Å². The van der Waals surface area contributed by atoms with Gasteiger partial charge in [-0.3, -0.25) is 9.69 Å². The zero-order valence-electron chi connectivity index (χ0n) is 13.9. The van der Waals surface area contributed by atoms with E-state index in [1.165, 1.54) is 10.5 Å². The Morgan fingerprint density at radius 3 is 2.18 bits per heavy atom. The van der Waals surface area contributed by atoms with Gasteiger partial charge in [0.1, 0.15) is 5.54 Å². The number of imide groups is 1. The topological polar surface area (TPSA) is 49.4 Å². The Labute approximate surface area is 136 Å². The molecule has 0 bridgehead atoms. The van der Waals surface area contributed by atoms with Crippen LogP contribution in [0.2, 0.25) is 0 Å². The third-order valence-corrected chi connectivity index (χ3v) is 4.74. The van der Waals surface area contributed by atoms with Crippen LogP contribution in [0, 0.1) is 0 Å². The Morgan fingerprint density at radius 2 is 1.73 bits per heavy atom. The molecule has 5 heteroatoms. The zero-order chi connectivity index (χ0) is 16.5. The fourth-order valence-electron chi connectivity index (χ4n) is 2.33. The van der Waals surface area contributed by atoms with Gasteiger partial charge < -0.3 is 5.32 Å². The minimum absolute atomic E-state index is 0.148. The molecule has 3 amide bonds. The number of urea groups is 1. The molecule has 0 saturated carbocycles. The van der Waals surface area contributed by atoms with E-state index in [0.29, 0.717) is 12.3 Å². The standard InChI is InChI=1S/C17H24N2O2S/c1-16(2,3)12-6-8-13(9-7-12)22-11-10-19-14(20)17(4,5)18-15(19)21/h6-9H,10-11H2,1-5H3,(H,18,21). The second kappa shape index (κ2) is 5.95. The molecule has 1 aliphatic rings. The van der Waals surface area contributed by atoms with E-state index >= 15 is 0 Å². The van der Waals surface area contributed by atoms with Crippen LogP contribution in [0.15, 0.2) is 29.2 Å². The normalized spacial score (nSPS) is 17.8. The van der Waals surface area contributed by atoms with Gasteiger partial charge in [0, 0.05) is 17.2 Å². The lowest BCUT2D eigenvalue weighted by Crippen LogP contribution is -2.40. The van der Waals surface area contributed by atoms with Crippen molar-refractivity contribution in [2.75, 3.05) is 12.3 Å². The van der Waals surface area contributed by atoms with E-state index in [1.54, 1.807) is 25.6 Å². The Bertz CT molecular complexity index is 573. The molecule has 1 N–H and O–H groups in total. The number of hydrogen-bond acceptors (Lipinski definition) is 3. The summed E-state index contributed by atoms with van der Waals surface area (Å²) in [6.07, 6.45) is 0. The molecule has 1 fully saturated rings. The van der Waals surface area contributed by atoms with Crippen molar-refractivity contribution in [2.45, 2.75) is 50.5 Å². The molecule has 22 heavy (non-hydrogen) atoms. The third kappa shape index (κ3) is 3.64. The molecule has 1 aromatic rings. The molecular weight excluding hydrogens is 296 g/mol. The highest BCUT2D eigenvalue weighted by Crippen LogP contribution is 2.26. The summed E-state index contributed by atoms with van der Waals surface area (Å²) >= 11 is 1.66. The number of nitrogens with zero attached hydrogens (tertiary/aromatic N) is 1. The predicted octanol–water partition coefficient (Wildman–Crippen LogP) is 3.41. The Hall–Kier alpha value is -1.49. The molecule has 0 radical (unpaired) electrons. The molecule has 0 aliphatic carbocycles. The van der Waals surface area contributed by atoms with Crippen molar-refractivity contribution in [1.29, 1.82) is 0 Å². The van der Waals surface area contributed by atoms with Crippen LogP contribution in [-0.4, -0.2) is 34.7 Å². The SMILES string of the molecule is CC1(C)NC(=O)N(CCSc2ccc(C(C)(C)C)cc2)C1=O. The first-order valence-electron chi connectivity index (χ1n) is 7.49. The monoisotopic (exact) mass is 320 g/mol. The number of rotatable bonds is 4. The number of nitrogens with one attached hydrogen (secondary N) is 1. The van der Waals surface area contributed by atoms with Gasteiger partial charge in [-0.05, 0) is 37.0 Å². The molecule has 120 valence electrons. The first kappa shape index (κ1) is 16.9. The van der Waals surface area contributed by atoms with E-state index in [9.17, 15) is 9.59 Å². The zero-order valence-corrected chi connectivity index (χ0v) is 14.7. The highest BCUT2D eigenvalue weighted by Gasteiger charge is 2.43. The van der Waals surface area contributed by atoms with Gasteiger partial charge in [0.15, 0.2) is 0 Å². The van der Waals surface area contributed by atoms with Gasteiger partial charge in [0.25, 0.3) is 5.91 Å². The molecule has 0 atom stereocenters. The summed E-state index contributed by atoms with van der Waals surface area (Å²) in [6.45, 7) is 10.5. The predicted molar refractivity (Wildman–Crippen MR) is 90.2 cm³/mol. The molecule has 1 aromatic carbocycles. The second-order valence-electron chi connectivity index (χ2n) is 7.13. The van der Waals surface area contributed by atoms with Crippen LogP contribution < -0.4 is 5.32 Å². The number of hydrogen-bond donors (Lipinski definition) is 1. The highest BCUT2D eigenvalue weighted by molar-refractivity contribution is 7.99. The minimum atomic E-state index is -0.782. The first-order chi connectivity index (χ1) is 10.1. The van der Waals surface area contributed by atoms with Crippen molar-refractivity contribution in [1.82, 2.24) is 10.2 Å². The maximum Gasteiger partial charge on any atom is 0.325 e. The lowest BCUT2D eigenvalue weighted by molar-refractivity contribution is -0.130. The number of thioether (sulfide) groups is 1. The summed E-state index contributed by atoms with van der Waals surface area (Å²) in [7, 11) is 0. The summed E-state index contributed by atoms with van der Waals surface area (Å²) in [5, 5.41) is 2.69. The molecule has 1 aliphatic heterocycles. The Morgan fingerprint density at radius 1 is 1.14 bits per heavy atom. The number of amides is 3. The van der Waals surface area contributed by atoms with Crippen molar-refractivity contribution in [3.05, 3.63) is 29.8 Å².